The molecular formula is C25H25N5O2S. The molecule has 0 aliphatic heterocycles. The zero-order valence-corrected chi connectivity index (χ0v) is 19.7. The van der Waals surface area contributed by atoms with E-state index in [2.05, 4.69) is 24.3 Å². The van der Waals surface area contributed by atoms with Crippen molar-refractivity contribution in [3.63, 3.8) is 0 Å². The Bertz CT molecular complexity index is 1290. The summed E-state index contributed by atoms with van der Waals surface area (Å²) in [6.07, 6.45) is 5.76. The molecule has 0 amide bonds. The van der Waals surface area contributed by atoms with Gasteiger partial charge in [-0.25, -0.2) is 0 Å². The van der Waals surface area contributed by atoms with Crippen molar-refractivity contribution < 1.29 is 9.53 Å². The Labute approximate surface area is 196 Å². The van der Waals surface area contributed by atoms with Gasteiger partial charge < -0.3 is 9.30 Å². The summed E-state index contributed by atoms with van der Waals surface area (Å²) in [4.78, 5) is 17.4. The second-order valence-corrected chi connectivity index (χ2v) is 9.12. The number of aromatic nitrogens is 5. The van der Waals surface area contributed by atoms with Gasteiger partial charge in [-0.1, -0.05) is 11.8 Å². The lowest BCUT2D eigenvalue weighted by Gasteiger charge is -2.11. The zero-order valence-electron chi connectivity index (χ0n) is 18.9. The Hall–Kier alpha value is -3.39. The number of hydrogen-bond acceptors (Lipinski definition) is 6. The molecule has 0 N–H and O–H groups in total. The summed E-state index contributed by atoms with van der Waals surface area (Å²) in [5, 5.41) is 9.61. The lowest BCUT2D eigenvalue weighted by Crippen LogP contribution is -2.07. The summed E-state index contributed by atoms with van der Waals surface area (Å²) in [6.45, 7) is 4.01. The summed E-state index contributed by atoms with van der Waals surface area (Å²) >= 11 is 1.45. The Balaban J connectivity index is 1.37. The van der Waals surface area contributed by atoms with Crippen LogP contribution in [0.3, 0.4) is 0 Å². The summed E-state index contributed by atoms with van der Waals surface area (Å²) < 4.78 is 9.53. The highest BCUT2D eigenvalue weighted by molar-refractivity contribution is 7.99. The van der Waals surface area contributed by atoms with Crippen molar-refractivity contribution in [3.8, 4) is 22.8 Å². The average molecular weight is 460 g/mol. The molecule has 0 atom stereocenters. The van der Waals surface area contributed by atoms with Crippen LogP contribution in [-0.2, 0) is 0 Å². The van der Waals surface area contributed by atoms with E-state index in [1.807, 2.05) is 56.3 Å². The number of aryl methyl sites for hydroxylation is 1. The van der Waals surface area contributed by atoms with Gasteiger partial charge in [-0.2, -0.15) is 0 Å². The molecule has 3 aromatic heterocycles. The molecule has 0 spiro atoms. The standard InChI is InChI=1S/C25H25N5O2S/c1-16-13-22(17(2)29(16)19-8-10-21(32-3)11-9-19)23(31)15-33-25-28-27-24(30(25)20-6-7-20)18-5-4-12-26-14-18/h4-5,8-14,20H,6-7,15H2,1-3H3. The molecule has 5 rings (SSSR count). The Kier molecular flexibility index (Phi) is 5.76. The largest absolute Gasteiger partial charge is 0.497 e. The first kappa shape index (κ1) is 21.5. The maximum Gasteiger partial charge on any atom is 0.192 e. The molecule has 8 heteroatoms. The van der Waals surface area contributed by atoms with Crippen LogP contribution in [0.15, 0.2) is 60.0 Å². The van der Waals surface area contributed by atoms with Gasteiger partial charge in [-0.05, 0) is 69.2 Å². The molecule has 1 saturated carbocycles. The highest BCUT2D eigenvalue weighted by Crippen LogP contribution is 2.41. The summed E-state index contributed by atoms with van der Waals surface area (Å²) in [5.74, 6) is 2.02. The van der Waals surface area contributed by atoms with E-state index in [9.17, 15) is 4.79 Å². The number of thioether (sulfide) groups is 1. The van der Waals surface area contributed by atoms with Gasteiger partial charge in [0, 0.05) is 46.6 Å². The minimum atomic E-state index is 0.0844. The van der Waals surface area contributed by atoms with E-state index in [0.717, 1.165) is 57.8 Å². The monoisotopic (exact) mass is 459 g/mol. The molecule has 1 fully saturated rings. The van der Waals surface area contributed by atoms with Gasteiger partial charge >= 0.3 is 0 Å². The van der Waals surface area contributed by atoms with E-state index in [4.69, 9.17) is 4.74 Å². The second kappa shape index (κ2) is 8.86. The molecule has 7 nitrogen and oxygen atoms in total. The van der Waals surface area contributed by atoms with Gasteiger partial charge in [0.1, 0.15) is 5.75 Å². The van der Waals surface area contributed by atoms with Crippen LogP contribution >= 0.6 is 11.8 Å². The van der Waals surface area contributed by atoms with Crippen LogP contribution < -0.4 is 4.74 Å². The number of ketones is 1. The smallest absolute Gasteiger partial charge is 0.192 e. The number of rotatable bonds is 8. The van der Waals surface area contributed by atoms with Crippen molar-refractivity contribution in [1.29, 1.82) is 0 Å². The van der Waals surface area contributed by atoms with E-state index in [1.165, 1.54) is 11.8 Å². The maximum absolute atomic E-state index is 13.2. The third kappa shape index (κ3) is 4.18. The normalized spacial score (nSPS) is 13.3. The molecule has 1 aliphatic rings. The van der Waals surface area contributed by atoms with Crippen molar-refractivity contribution in [3.05, 3.63) is 71.8 Å². The van der Waals surface area contributed by atoms with Crippen molar-refractivity contribution in [2.75, 3.05) is 12.9 Å². The number of pyridine rings is 1. The lowest BCUT2D eigenvalue weighted by atomic mass is 10.2. The first-order chi connectivity index (χ1) is 16.1. The molecule has 0 unspecified atom stereocenters. The van der Waals surface area contributed by atoms with Gasteiger partial charge in [-0.15, -0.1) is 10.2 Å². The maximum atomic E-state index is 13.2. The van der Waals surface area contributed by atoms with Crippen LogP contribution in [0.4, 0.5) is 0 Å². The fourth-order valence-electron chi connectivity index (χ4n) is 4.11. The first-order valence-electron chi connectivity index (χ1n) is 10.9. The number of methoxy groups -OCH3 is 1. The molecule has 33 heavy (non-hydrogen) atoms. The number of hydrogen-bond donors (Lipinski definition) is 0. The van der Waals surface area contributed by atoms with E-state index in [0.29, 0.717) is 11.8 Å². The fraction of sp³-hybridized carbons (Fsp3) is 0.280. The fourth-order valence-corrected chi connectivity index (χ4v) is 5.00. The van der Waals surface area contributed by atoms with Crippen LogP contribution in [0.25, 0.3) is 17.1 Å². The van der Waals surface area contributed by atoms with Crippen molar-refractivity contribution in [2.24, 2.45) is 0 Å². The highest BCUT2D eigenvalue weighted by atomic mass is 32.2. The first-order valence-corrected chi connectivity index (χ1v) is 11.9. The van der Waals surface area contributed by atoms with Crippen LogP contribution in [0.5, 0.6) is 5.75 Å². The summed E-state index contributed by atoms with van der Waals surface area (Å²) in [5.41, 5.74) is 4.64. The number of ether oxygens (including phenoxy) is 1. The van der Waals surface area contributed by atoms with Crippen LogP contribution in [-0.4, -0.2) is 43.0 Å². The van der Waals surface area contributed by atoms with E-state index < -0.39 is 0 Å². The number of nitrogens with zero attached hydrogens (tertiary/aromatic N) is 5. The van der Waals surface area contributed by atoms with Crippen LogP contribution in [0, 0.1) is 13.8 Å². The predicted octanol–water partition coefficient (Wildman–Crippen LogP) is 5.07. The average Bonchev–Trinajstić information content (AvgIpc) is 3.52. The minimum Gasteiger partial charge on any atom is -0.497 e. The molecule has 0 saturated heterocycles. The number of benzene rings is 1. The van der Waals surface area contributed by atoms with E-state index in [-0.39, 0.29) is 5.78 Å². The topological polar surface area (TPSA) is 74.8 Å². The zero-order chi connectivity index (χ0) is 22.9. The molecule has 3 heterocycles. The molecule has 0 bridgehead atoms. The van der Waals surface area contributed by atoms with Crippen LogP contribution in [0.2, 0.25) is 0 Å². The molecule has 0 radical (unpaired) electrons. The molecule has 168 valence electrons. The quantitative estimate of drug-likeness (QED) is 0.271. The van der Waals surface area contributed by atoms with Crippen molar-refractivity contribution >= 4 is 17.5 Å². The van der Waals surface area contributed by atoms with Gasteiger partial charge in [-0.3, -0.25) is 14.3 Å². The van der Waals surface area contributed by atoms with Gasteiger partial charge in [0.2, 0.25) is 0 Å². The second-order valence-electron chi connectivity index (χ2n) is 8.18. The number of Topliss-reactive ketones (excluding diaryl/α,β-unsaturated/α-hetero) is 1. The SMILES string of the molecule is COc1ccc(-n2c(C)cc(C(=O)CSc3nnc(-c4cccnc4)n3C3CC3)c2C)cc1. The van der Waals surface area contributed by atoms with E-state index >= 15 is 0 Å². The predicted molar refractivity (Wildman–Crippen MR) is 128 cm³/mol. The summed E-state index contributed by atoms with van der Waals surface area (Å²) in [7, 11) is 1.65. The molecular weight excluding hydrogens is 434 g/mol. The Morgan fingerprint density at radius 1 is 1.15 bits per heavy atom. The van der Waals surface area contributed by atoms with E-state index in [1.54, 1.807) is 19.5 Å². The molecule has 1 aromatic carbocycles. The van der Waals surface area contributed by atoms with Gasteiger partial charge in [0.25, 0.3) is 0 Å². The number of carbonyl (C=O) groups excluding carboxylic acids is 1. The van der Waals surface area contributed by atoms with Crippen molar-refractivity contribution in [2.45, 2.75) is 37.9 Å². The molecule has 4 aromatic rings. The van der Waals surface area contributed by atoms with Gasteiger partial charge in [0.05, 0.1) is 12.9 Å². The van der Waals surface area contributed by atoms with Crippen LogP contribution in [0.1, 0.15) is 40.6 Å². The number of carbonyl (C=O) groups is 1. The summed E-state index contributed by atoms with van der Waals surface area (Å²) in [6, 6.07) is 14.1. The lowest BCUT2D eigenvalue weighted by molar-refractivity contribution is 0.102. The third-order valence-corrected chi connectivity index (χ3v) is 6.83. The minimum absolute atomic E-state index is 0.0844. The van der Waals surface area contributed by atoms with Crippen molar-refractivity contribution in [1.82, 2.24) is 24.3 Å². The Morgan fingerprint density at radius 3 is 2.61 bits per heavy atom. The van der Waals surface area contributed by atoms with Gasteiger partial charge in [0.15, 0.2) is 16.8 Å². The Morgan fingerprint density at radius 2 is 1.94 bits per heavy atom. The third-order valence-electron chi connectivity index (χ3n) is 5.89. The highest BCUT2D eigenvalue weighted by Gasteiger charge is 2.30. The molecule has 1 aliphatic carbocycles.